The molecule has 10 nitrogen and oxygen atoms in total. The van der Waals surface area contributed by atoms with E-state index >= 15 is 0 Å². The summed E-state index contributed by atoms with van der Waals surface area (Å²) in [6, 6.07) is 13.6. The van der Waals surface area contributed by atoms with Crippen LogP contribution in [0.3, 0.4) is 0 Å². The predicted octanol–water partition coefficient (Wildman–Crippen LogP) is 5.11. The lowest BCUT2D eigenvalue weighted by Crippen LogP contribution is -2.22. The zero-order valence-corrected chi connectivity index (χ0v) is 23.6. The number of carbonyl (C=O) groups excluding carboxylic acids is 1. The van der Waals surface area contributed by atoms with Gasteiger partial charge in [0.25, 0.3) is 10.0 Å². The molecule has 12 heteroatoms. The van der Waals surface area contributed by atoms with Crippen molar-refractivity contribution in [1.29, 1.82) is 0 Å². The number of nitrogens with one attached hydrogen (secondary N) is 2. The van der Waals surface area contributed by atoms with Crippen LogP contribution in [0.15, 0.2) is 60.0 Å². The topological polar surface area (TPSA) is 121 Å². The summed E-state index contributed by atoms with van der Waals surface area (Å²) in [5, 5.41) is 4.57. The third-order valence-electron chi connectivity index (χ3n) is 5.57. The lowest BCUT2D eigenvalue weighted by atomic mass is 10.1. The highest BCUT2D eigenvalue weighted by atomic mass is 35.5. The van der Waals surface area contributed by atoms with Crippen LogP contribution in [-0.4, -0.2) is 49.9 Å². The Morgan fingerprint density at radius 2 is 1.46 bits per heavy atom. The van der Waals surface area contributed by atoms with Crippen LogP contribution in [0, 0.1) is 0 Å². The molecule has 3 rings (SSSR count). The summed E-state index contributed by atoms with van der Waals surface area (Å²) in [4.78, 5) is 12.6. The molecule has 0 aliphatic carbocycles. The van der Waals surface area contributed by atoms with E-state index in [0.29, 0.717) is 44.8 Å². The van der Waals surface area contributed by atoms with Crippen molar-refractivity contribution in [3.63, 3.8) is 0 Å². The van der Waals surface area contributed by atoms with Gasteiger partial charge in [0.15, 0.2) is 6.04 Å². The van der Waals surface area contributed by atoms with Gasteiger partial charge in [0.05, 0.1) is 57.9 Å². The van der Waals surface area contributed by atoms with Gasteiger partial charge in [-0.05, 0) is 42.0 Å². The van der Waals surface area contributed by atoms with Crippen LogP contribution in [0.2, 0.25) is 5.02 Å². The van der Waals surface area contributed by atoms with Crippen LogP contribution in [0.4, 0.5) is 11.4 Å². The molecular formula is C27H29ClN2O8S. The second kappa shape index (κ2) is 13.1. The third kappa shape index (κ3) is 7.49. The van der Waals surface area contributed by atoms with E-state index in [9.17, 15) is 13.2 Å². The maximum Gasteiger partial charge on any atom is 0.332 e. The Balaban J connectivity index is 1.91. The number of anilines is 2. The molecule has 0 heterocycles. The first kappa shape index (κ1) is 29.5. The number of methoxy groups -OCH3 is 5. The van der Waals surface area contributed by atoms with Gasteiger partial charge in [-0.25, -0.2) is 13.2 Å². The fourth-order valence-electron chi connectivity index (χ4n) is 3.64. The minimum atomic E-state index is -3.99. The summed E-state index contributed by atoms with van der Waals surface area (Å²) in [5.74, 6) is 1.04. The van der Waals surface area contributed by atoms with E-state index in [1.807, 2.05) is 0 Å². The van der Waals surface area contributed by atoms with E-state index in [4.69, 9.17) is 35.3 Å². The van der Waals surface area contributed by atoms with Crippen molar-refractivity contribution in [1.82, 2.24) is 0 Å². The average Bonchev–Trinajstić information content (AvgIpc) is 2.94. The smallest absolute Gasteiger partial charge is 0.332 e. The van der Waals surface area contributed by atoms with Crippen LogP contribution >= 0.6 is 11.6 Å². The van der Waals surface area contributed by atoms with Gasteiger partial charge in [-0.2, -0.15) is 0 Å². The maximum absolute atomic E-state index is 12.9. The third-order valence-corrected chi connectivity index (χ3v) is 6.83. The molecule has 208 valence electrons. The number of halogens is 1. The van der Waals surface area contributed by atoms with Gasteiger partial charge in [-0.3, -0.25) is 4.72 Å². The Labute approximate surface area is 232 Å². The lowest BCUT2D eigenvalue weighted by Gasteiger charge is -2.20. The molecule has 0 bridgehead atoms. The molecule has 0 fully saturated rings. The van der Waals surface area contributed by atoms with Crippen LogP contribution in [0.1, 0.15) is 17.2 Å². The number of sulfonamides is 1. The molecule has 1 atom stereocenters. The molecule has 3 aromatic rings. The monoisotopic (exact) mass is 576 g/mol. The summed E-state index contributed by atoms with van der Waals surface area (Å²) in [7, 11) is 3.15. The average molecular weight is 577 g/mol. The first-order valence-corrected chi connectivity index (χ1v) is 13.4. The molecule has 0 spiro atoms. The van der Waals surface area contributed by atoms with Gasteiger partial charge in [-0.15, -0.1) is 0 Å². The number of rotatable bonds is 12. The standard InChI is InChI=1S/C27H29ClN2O8S/c1-34-20-15-24(36-3)21(25(16-20)37-4)12-13-39(32,33)30-19-10-11-23(35-2)22(14-19)29-26(27(31)38-5)17-6-8-18(28)9-7-17/h6-16,26,29-30H,1-5H3/b13-12+. The van der Waals surface area contributed by atoms with Crippen molar-refractivity contribution in [2.45, 2.75) is 6.04 Å². The number of benzene rings is 3. The molecule has 0 radical (unpaired) electrons. The minimum absolute atomic E-state index is 0.219. The van der Waals surface area contributed by atoms with Crippen molar-refractivity contribution in [2.75, 3.05) is 45.6 Å². The SMILES string of the molecule is COC(=O)C(Nc1cc(NS(=O)(=O)/C=C/c2c(OC)cc(OC)cc2OC)ccc1OC)c1ccc(Cl)cc1. The maximum atomic E-state index is 12.9. The van der Waals surface area contributed by atoms with Crippen molar-refractivity contribution >= 4 is 45.0 Å². The second-order valence-corrected chi connectivity index (χ2v) is 9.97. The van der Waals surface area contributed by atoms with Gasteiger partial charge in [0.2, 0.25) is 0 Å². The summed E-state index contributed by atoms with van der Waals surface area (Å²) in [5.41, 5.74) is 1.57. The zero-order chi connectivity index (χ0) is 28.6. The molecule has 0 aliphatic rings. The zero-order valence-electron chi connectivity index (χ0n) is 22.0. The van der Waals surface area contributed by atoms with Crippen molar-refractivity contribution < 1.29 is 36.9 Å². The Morgan fingerprint density at radius 3 is 2.00 bits per heavy atom. The van der Waals surface area contributed by atoms with Gasteiger partial charge in [0.1, 0.15) is 23.0 Å². The Bertz CT molecular complexity index is 1420. The van der Waals surface area contributed by atoms with Crippen LogP contribution in [0.25, 0.3) is 6.08 Å². The molecule has 0 saturated heterocycles. The van der Waals surface area contributed by atoms with E-state index < -0.39 is 22.0 Å². The number of carbonyl (C=O) groups is 1. The molecule has 0 saturated carbocycles. The van der Waals surface area contributed by atoms with Crippen molar-refractivity contribution in [3.8, 4) is 23.0 Å². The normalized spacial score (nSPS) is 11.9. The number of hydrogen-bond donors (Lipinski definition) is 2. The molecule has 39 heavy (non-hydrogen) atoms. The Morgan fingerprint density at radius 1 is 0.846 bits per heavy atom. The van der Waals surface area contributed by atoms with Gasteiger partial charge >= 0.3 is 5.97 Å². The first-order chi connectivity index (χ1) is 18.6. The minimum Gasteiger partial charge on any atom is -0.496 e. The first-order valence-electron chi connectivity index (χ1n) is 11.4. The quantitative estimate of drug-likeness (QED) is 0.283. The predicted molar refractivity (Wildman–Crippen MR) is 151 cm³/mol. The van der Waals surface area contributed by atoms with E-state index in [2.05, 4.69) is 10.0 Å². The van der Waals surface area contributed by atoms with Gasteiger partial charge < -0.3 is 29.0 Å². The second-order valence-electron chi connectivity index (χ2n) is 7.96. The highest BCUT2D eigenvalue weighted by molar-refractivity contribution is 7.95. The molecular weight excluding hydrogens is 548 g/mol. The summed E-state index contributed by atoms with van der Waals surface area (Å²) in [6.45, 7) is 0. The molecule has 0 aliphatic heterocycles. The van der Waals surface area contributed by atoms with E-state index in [-0.39, 0.29) is 5.69 Å². The van der Waals surface area contributed by atoms with Crippen LogP contribution in [-0.2, 0) is 19.6 Å². The fraction of sp³-hybridized carbons (Fsp3) is 0.222. The van der Waals surface area contributed by atoms with E-state index in [1.54, 1.807) is 42.5 Å². The molecule has 3 aromatic carbocycles. The van der Waals surface area contributed by atoms with E-state index in [1.165, 1.54) is 53.8 Å². The van der Waals surface area contributed by atoms with Gasteiger partial charge in [-0.1, -0.05) is 23.7 Å². The summed E-state index contributed by atoms with van der Waals surface area (Å²) in [6.07, 6.45) is 1.36. The van der Waals surface area contributed by atoms with Crippen LogP contribution < -0.4 is 29.0 Å². The molecule has 0 aromatic heterocycles. The summed E-state index contributed by atoms with van der Waals surface area (Å²) >= 11 is 5.99. The largest absolute Gasteiger partial charge is 0.496 e. The number of esters is 1. The lowest BCUT2D eigenvalue weighted by molar-refractivity contribution is -0.141. The summed E-state index contributed by atoms with van der Waals surface area (Å²) < 4.78 is 54.7. The van der Waals surface area contributed by atoms with Crippen molar-refractivity contribution in [2.24, 2.45) is 0 Å². The fourth-order valence-corrected chi connectivity index (χ4v) is 4.61. The van der Waals surface area contributed by atoms with Crippen molar-refractivity contribution in [3.05, 3.63) is 76.2 Å². The number of hydrogen-bond acceptors (Lipinski definition) is 9. The van der Waals surface area contributed by atoms with Gasteiger partial charge in [0, 0.05) is 17.2 Å². The highest BCUT2D eigenvalue weighted by Gasteiger charge is 2.23. The van der Waals surface area contributed by atoms with Crippen LogP contribution in [0.5, 0.6) is 23.0 Å². The Hall–Kier alpha value is -4.09. The molecule has 2 N–H and O–H groups in total. The molecule has 0 amide bonds. The number of ether oxygens (including phenoxy) is 5. The van der Waals surface area contributed by atoms with E-state index in [0.717, 1.165) is 5.41 Å². The molecule has 1 unspecified atom stereocenters. The Kier molecular flexibility index (Phi) is 9.91. The highest BCUT2D eigenvalue weighted by Crippen LogP contribution is 2.36.